The number of thiazole rings is 1. The van der Waals surface area contributed by atoms with Gasteiger partial charge in [-0.2, -0.15) is 5.10 Å². The van der Waals surface area contributed by atoms with Crippen LogP contribution in [0.4, 0.5) is 0 Å². The molecule has 0 bridgehead atoms. The number of rotatable bonds is 2. The van der Waals surface area contributed by atoms with Gasteiger partial charge in [0.25, 0.3) is 0 Å². The Morgan fingerprint density at radius 2 is 1.90 bits per heavy atom. The normalized spacial score (nSPS) is 12.5. The molecule has 0 aromatic carbocycles. The number of nitrogens with zero attached hydrogens (tertiary/aromatic N) is 3. The highest BCUT2D eigenvalue weighted by Crippen LogP contribution is 2.26. The van der Waals surface area contributed by atoms with Crippen LogP contribution < -0.4 is 0 Å². The summed E-state index contributed by atoms with van der Waals surface area (Å²) in [6, 6.07) is 0. The van der Waals surface area contributed by atoms with Crippen LogP contribution in [-0.2, 0) is 10.2 Å². The van der Waals surface area contributed by atoms with Crippen molar-refractivity contribution in [2.45, 2.75) is 52.6 Å². The monoisotopic (exact) mass is 307 g/mol. The van der Waals surface area contributed by atoms with E-state index in [-0.39, 0.29) is 11.4 Å². The minimum atomic E-state index is -0.515. The molecular weight excluding hydrogens is 286 g/mol. The lowest BCUT2D eigenvalue weighted by Gasteiger charge is -2.18. The highest BCUT2D eigenvalue weighted by atomic mass is 32.1. The van der Waals surface area contributed by atoms with E-state index >= 15 is 0 Å². The third-order valence-corrected chi connectivity index (χ3v) is 3.84. The fourth-order valence-corrected chi connectivity index (χ4v) is 2.48. The molecule has 2 heterocycles. The Hall–Kier alpha value is -1.69. The predicted molar refractivity (Wildman–Crippen MR) is 83.1 cm³/mol. The van der Waals surface area contributed by atoms with Crippen molar-refractivity contribution in [3.63, 3.8) is 0 Å². The van der Waals surface area contributed by atoms with Crippen molar-refractivity contribution >= 4 is 17.3 Å². The van der Waals surface area contributed by atoms with Crippen LogP contribution in [0.2, 0.25) is 0 Å². The molecular formula is C15H21N3O2S. The summed E-state index contributed by atoms with van der Waals surface area (Å²) in [5.74, 6) is 0.347. The number of carbonyl (C=O) groups is 1. The molecule has 0 atom stereocenters. The third-order valence-electron chi connectivity index (χ3n) is 2.59. The summed E-state index contributed by atoms with van der Waals surface area (Å²) >= 11 is 1.59. The topological polar surface area (TPSA) is 57.0 Å². The second-order valence-electron chi connectivity index (χ2n) is 6.94. The van der Waals surface area contributed by atoms with Crippen LogP contribution in [0.3, 0.4) is 0 Å². The molecule has 0 aliphatic carbocycles. The number of ether oxygens (including phenoxy) is 1. The third kappa shape index (κ3) is 3.91. The van der Waals surface area contributed by atoms with Crippen LogP contribution in [0.5, 0.6) is 0 Å². The van der Waals surface area contributed by atoms with Crippen LogP contribution in [0.1, 0.15) is 56.9 Å². The first kappa shape index (κ1) is 15.7. The summed E-state index contributed by atoms with van der Waals surface area (Å²) in [5.41, 5.74) is -0.0845. The van der Waals surface area contributed by atoms with E-state index in [1.807, 2.05) is 26.2 Å². The maximum Gasteiger partial charge on any atom is 0.341 e. The van der Waals surface area contributed by atoms with E-state index in [2.05, 4.69) is 30.9 Å². The van der Waals surface area contributed by atoms with Gasteiger partial charge in [0.1, 0.15) is 10.6 Å². The van der Waals surface area contributed by atoms with Crippen molar-refractivity contribution in [3.05, 3.63) is 28.3 Å². The van der Waals surface area contributed by atoms with Gasteiger partial charge in [-0.1, -0.05) is 20.8 Å². The lowest BCUT2D eigenvalue weighted by Crippen LogP contribution is -2.23. The summed E-state index contributed by atoms with van der Waals surface area (Å²) < 4.78 is 6.92. The van der Waals surface area contributed by atoms with Gasteiger partial charge in [-0.05, 0) is 20.8 Å². The molecule has 0 radical (unpaired) electrons. The first-order valence-corrected chi connectivity index (χ1v) is 7.69. The Labute approximate surface area is 129 Å². The molecule has 5 nitrogen and oxygen atoms in total. The summed E-state index contributed by atoms with van der Waals surface area (Å²) in [6.45, 7) is 11.9. The Morgan fingerprint density at radius 1 is 1.24 bits per heavy atom. The van der Waals surface area contributed by atoms with Crippen LogP contribution >= 0.6 is 11.3 Å². The molecule has 0 unspecified atom stereocenters. The van der Waals surface area contributed by atoms with Crippen LogP contribution in [0.15, 0.2) is 17.8 Å². The fourth-order valence-electron chi connectivity index (χ4n) is 1.61. The maximum atomic E-state index is 12.0. The van der Waals surface area contributed by atoms with Crippen molar-refractivity contribution in [2.75, 3.05) is 0 Å². The summed E-state index contributed by atoms with van der Waals surface area (Å²) in [7, 11) is 0. The lowest BCUT2D eigenvalue weighted by molar-refractivity contribution is 0.00695. The number of hydrogen-bond acceptors (Lipinski definition) is 5. The lowest BCUT2D eigenvalue weighted by atomic mass is 9.98. The molecule has 0 aliphatic heterocycles. The molecule has 0 saturated heterocycles. The Bertz CT molecular complexity index is 644. The van der Waals surface area contributed by atoms with Gasteiger partial charge in [0.05, 0.1) is 11.8 Å². The minimum Gasteiger partial charge on any atom is -0.456 e. The van der Waals surface area contributed by atoms with Gasteiger partial charge in [-0.25, -0.2) is 14.5 Å². The zero-order chi connectivity index (χ0) is 15.8. The average molecular weight is 307 g/mol. The largest absolute Gasteiger partial charge is 0.456 e. The zero-order valence-electron chi connectivity index (χ0n) is 13.3. The first-order chi connectivity index (χ1) is 9.56. The highest BCUT2D eigenvalue weighted by Gasteiger charge is 2.21. The highest BCUT2D eigenvalue weighted by molar-refractivity contribution is 7.10. The van der Waals surface area contributed by atoms with E-state index in [4.69, 9.17) is 4.74 Å². The van der Waals surface area contributed by atoms with Gasteiger partial charge in [0.15, 0.2) is 5.82 Å². The Balaban J connectivity index is 2.20. The van der Waals surface area contributed by atoms with E-state index < -0.39 is 5.60 Å². The zero-order valence-corrected chi connectivity index (χ0v) is 14.1. The van der Waals surface area contributed by atoms with Gasteiger partial charge in [-0.15, -0.1) is 11.3 Å². The fraction of sp³-hybridized carbons (Fsp3) is 0.533. The van der Waals surface area contributed by atoms with E-state index in [9.17, 15) is 4.79 Å². The molecule has 2 rings (SSSR count). The molecule has 2 aromatic rings. The van der Waals surface area contributed by atoms with Gasteiger partial charge in [-0.3, -0.25) is 0 Å². The molecule has 0 spiro atoms. The van der Waals surface area contributed by atoms with Crippen molar-refractivity contribution in [3.8, 4) is 5.82 Å². The summed E-state index contributed by atoms with van der Waals surface area (Å²) in [5, 5.41) is 7.16. The van der Waals surface area contributed by atoms with E-state index in [0.717, 1.165) is 10.8 Å². The average Bonchev–Trinajstić information content (AvgIpc) is 2.95. The van der Waals surface area contributed by atoms with Crippen LogP contribution in [0.25, 0.3) is 5.82 Å². The first-order valence-electron chi connectivity index (χ1n) is 6.81. The van der Waals surface area contributed by atoms with E-state index in [0.29, 0.717) is 5.56 Å². The molecule has 0 fully saturated rings. The molecule has 0 N–H and O–H groups in total. The quantitative estimate of drug-likeness (QED) is 0.796. The SMILES string of the molecule is CC(C)(C)OC(=O)c1cnn(-c2csc(C(C)(C)C)n2)c1. The second-order valence-corrected chi connectivity index (χ2v) is 7.79. The summed E-state index contributed by atoms with van der Waals surface area (Å²) in [4.78, 5) is 16.5. The van der Waals surface area contributed by atoms with Crippen molar-refractivity contribution in [1.29, 1.82) is 0 Å². The number of aromatic nitrogens is 3. The predicted octanol–water partition coefficient (Wildman–Crippen LogP) is 3.58. The number of esters is 1. The van der Waals surface area contributed by atoms with Crippen molar-refractivity contribution in [1.82, 2.24) is 14.8 Å². The van der Waals surface area contributed by atoms with Gasteiger partial charge < -0.3 is 4.74 Å². The standard InChI is InChI=1S/C15H21N3O2S/c1-14(2,3)13-17-11(9-21-13)18-8-10(7-16-18)12(19)20-15(4,5)6/h7-9H,1-6H3. The smallest absolute Gasteiger partial charge is 0.341 e. The minimum absolute atomic E-state index is 0.00403. The van der Waals surface area contributed by atoms with E-state index in [1.165, 1.54) is 6.20 Å². The van der Waals surface area contributed by atoms with Crippen molar-refractivity contribution in [2.24, 2.45) is 0 Å². The second kappa shape index (κ2) is 5.26. The molecule has 0 amide bonds. The Kier molecular flexibility index (Phi) is 3.93. The number of carbonyl (C=O) groups excluding carboxylic acids is 1. The van der Waals surface area contributed by atoms with Crippen molar-refractivity contribution < 1.29 is 9.53 Å². The van der Waals surface area contributed by atoms with Crippen LogP contribution in [0, 0.1) is 0 Å². The van der Waals surface area contributed by atoms with Crippen LogP contribution in [-0.4, -0.2) is 26.3 Å². The van der Waals surface area contributed by atoms with E-state index in [1.54, 1.807) is 22.2 Å². The molecule has 21 heavy (non-hydrogen) atoms. The van der Waals surface area contributed by atoms with Gasteiger partial charge in [0.2, 0.25) is 0 Å². The molecule has 2 aromatic heterocycles. The van der Waals surface area contributed by atoms with Gasteiger partial charge in [0, 0.05) is 17.0 Å². The molecule has 0 saturated carbocycles. The summed E-state index contributed by atoms with van der Waals surface area (Å²) in [6.07, 6.45) is 3.15. The Morgan fingerprint density at radius 3 is 2.43 bits per heavy atom. The van der Waals surface area contributed by atoms with Gasteiger partial charge >= 0.3 is 5.97 Å². The molecule has 6 heteroatoms. The molecule has 114 valence electrons. The maximum absolute atomic E-state index is 12.0. The molecule has 0 aliphatic rings. The number of hydrogen-bond donors (Lipinski definition) is 0.